The number of aryl methyl sites for hydroxylation is 1. The lowest BCUT2D eigenvalue weighted by molar-refractivity contribution is 0.282. The van der Waals surface area contributed by atoms with E-state index in [1.807, 2.05) is 0 Å². The lowest BCUT2D eigenvalue weighted by Gasteiger charge is -1.99. The van der Waals surface area contributed by atoms with Crippen LogP contribution in [0.1, 0.15) is 31.2 Å². The Hall–Kier alpha value is 0.870. The van der Waals surface area contributed by atoms with Crippen LogP contribution >= 0.6 is 49.9 Å². The van der Waals surface area contributed by atoms with E-state index in [9.17, 15) is 0 Å². The topological polar surface area (TPSA) is 20.2 Å². The summed E-state index contributed by atoms with van der Waals surface area (Å²) in [7, 11) is 0. The summed E-state index contributed by atoms with van der Waals surface area (Å²) in [5.41, 5.74) is 1.43. The van der Waals surface area contributed by atoms with Gasteiger partial charge in [-0.15, -0.1) is 11.3 Å². The minimum Gasteiger partial charge on any atom is -0.396 e. The van der Waals surface area contributed by atoms with Crippen LogP contribution < -0.4 is 0 Å². The van der Waals surface area contributed by atoms with Gasteiger partial charge in [0.2, 0.25) is 0 Å². The Bertz CT molecular complexity index is 275. The molecule has 0 unspecified atom stereocenters. The minimum atomic E-state index is 0.333. The number of rotatable bonds is 6. The molecular formula is C10H14BrIOS. The Balaban J connectivity index is 2.21. The van der Waals surface area contributed by atoms with Gasteiger partial charge in [0.25, 0.3) is 0 Å². The fourth-order valence-corrected chi connectivity index (χ4v) is 4.77. The summed E-state index contributed by atoms with van der Waals surface area (Å²) in [6, 6.07) is 2.25. The highest BCUT2D eigenvalue weighted by Crippen LogP contribution is 2.30. The van der Waals surface area contributed by atoms with E-state index in [1.165, 1.54) is 25.1 Å². The molecule has 1 rings (SSSR count). The number of aliphatic hydroxyl groups is 1. The molecule has 80 valence electrons. The first-order valence-corrected chi connectivity index (χ1v) is 7.47. The normalized spacial score (nSPS) is 10.8. The van der Waals surface area contributed by atoms with E-state index in [0.717, 1.165) is 19.3 Å². The van der Waals surface area contributed by atoms with Crippen LogP contribution in [0.15, 0.2) is 9.85 Å². The van der Waals surface area contributed by atoms with Crippen molar-refractivity contribution in [2.75, 3.05) is 6.61 Å². The predicted molar refractivity (Wildman–Crippen MR) is 74.0 cm³/mol. The average molecular weight is 389 g/mol. The molecule has 0 atom stereocenters. The van der Waals surface area contributed by atoms with Gasteiger partial charge in [-0.05, 0) is 69.4 Å². The van der Waals surface area contributed by atoms with E-state index in [0.29, 0.717) is 6.61 Å². The molecule has 0 amide bonds. The van der Waals surface area contributed by atoms with Crippen LogP contribution in [0.2, 0.25) is 0 Å². The first-order valence-electron chi connectivity index (χ1n) is 4.78. The van der Waals surface area contributed by atoms with Crippen molar-refractivity contribution < 1.29 is 5.11 Å². The van der Waals surface area contributed by atoms with Gasteiger partial charge in [0.1, 0.15) is 0 Å². The van der Waals surface area contributed by atoms with Crippen molar-refractivity contribution in [3.63, 3.8) is 0 Å². The number of hydrogen-bond acceptors (Lipinski definition) is 2. The number of halogens is 2. The van der Waals surface area contributed by atoms with Crippen molar-refractivity contribution >= 4 is 49.9 Å². The molecule has 1 aromatic rings. The summed E-state index contributed by atoms with van der Waals surface area (Å²) in [4.78, 5) is 0. The van der Waals surface area contributed by atoms with Crippen LogP contribution in [0.3, 0.4) is 0 Å². The zero-order valence-corrected chi connectivity index (χ0v) is 12.5. The quantitative estimate of drug-likeness (QED) is 0.571. The molecule has 0 saturated heterocycles. The summed E-state index contributed by atoms with van der Waals surface area (Å²) in [5.74, 6) is 0. The van der Waals surface area contributed by atoms with Gasteiger partial charge in [-0.1, -0.05) is 12.8 Å². The highest BCUT2D eigenvalue weighted by atomic mass is 127. The van der Waals surface area contributed by atoms with Crippen LogP contribution in [0.25, 0.3) is 0 Å². The molecule has 0 spiro atoms. The van der Waals surface area contributed by atoms with E-state index >= 15 is 0 Å². The van der Waals surface area contributed by atoms with E-state index in [-0.39, 0.29) is 0 Å². The number of aliphatic hydroxyl groups excluding tert-OH is 1. The molecule has 0 aromatic carbocycles. The summed E-state index contributed by atoms with van der Waals surface area (Å²) in [6.45, 7) is 0.333. The van der Waals surface area contributed by atoms with Gasteiger partial charge in [-0.25, -0.2) is 0 Å². The first kappa shape index (κ1) is 12.9. The largest absolute Gasteiger partial charge is 0.396 e. The number of unbranched alkanes of at least 4 members (excludes halogenated alkanes) is 3. The molecule has 14 heavy (non-hydrogen) atoms. The van der Waals surface area contributed by atoms with Gasteiger partial charge in [-0.2, -0.15) is 0 Å². The minimum absolute atomic E-state index is 0.333. The first-order chi connectivity index (χ1) is 6.74. The third kappa shape index (κ3) is 4.59. The molecular weight excluding hydrogens is 375 g/mol. The maximum absolute atomic E-state index is 8.62. The Morgan fingerprint density at radius 2 is 2.00 bits per heavy atom. The summed E-state index contributed by atoms with van der Waals surface area (Å²) in [6.07, 6.45) is 5.70. The maximum atomic E-state index is 8.62. The van der Waals surface area contributed by atoms with E-state index < -0.39 is 0 Å². The van der Waals surface area contributed by atoms with Crippen molar-refractivity contribution in [2.45, 2.75) is 32.1 Å². The van der Waals surface area contributed by atoms with Gasteiger partial charge in [-0.3, -0.25) is 0 Å². The SMILES string of the molecule is OCCCCCCc1cc(I)sc1Br. The molecule has 0 saturated carbocycles. The van der Waals surface area contributed by atoms with E-state index in [2.05, 4.69) is 44.6 Å². The van der Waals surface area contributed by atoms with Gasteiger partial charge >= 0.3 is 0 Å². The van der Waals surface area contributed by atoms with E-state index in [4.69, 9.17) is 5.11 Å². The second-order valence-corrected chi connectivity index (χ2v) is 7.50. The lowest BCUT2D eigenvalue weighted by atomic mass is 10.1. The monoisotopic (exact) mass is 388 g/mol. The molecule has 0 bridgehead atoms. The Kier molecular flexibility index (Phi) is 6.65. The Morgan fingerprint density at radius 1 is 1.29 bits per heavy atom. The van der Waals surface area contributed by atoms with Crippen LogP contribution in [-0.2, 0) is 6.42 Å². The number of thiophene rings is 1. The number of hydrogen-bond donors (Lipinski definition) is 1. The summed E-state index contributed by atoms with van der Waals surface area (Å²) >= 11 is 7.73. The molecule has 0 radical (unpaired) electrons. The Labute approximate surface area is 111 Å². The second kappa shape index (κ2) is 7.19. The zero-order chi connectivity index (χ0) is 10.4. The fourth-order valence-electron chi connectivity index (χ4n) is 1.33. The van der Waals surface area contributed by atoms with Crippen molar-refractivity contribution in [2.24, 2.45) is 0 Å². The van der Waals surface area contributed by atoms with Crippen LogP contribution in [0, 0.1) is 2.88 Å². The van der Waals surface area contributed by atoms with Crippen LogP contribution in [0.5, 0.6) is 0 Å². The lowest BCUT2D eigenvalue weighted by Crippen LogP contribution is -1.86. The fraction of sp³-hybridized carbons (Fsp3) is 0.600. The smallest absolute Gasteiger partial charge is 0.0741 e. The highest BCUT2D eigenvalue weighted by molar-refractivity contribution is 14.1. The summed E-state index contributed by atoms with van der Waals surface area (Å²) < 4.78 is 2.63. The molecule has 0 aliphatic heterocycles. The predicted octanol–water partition coefficient (Wildman–Crippen LogP) is 4.21. The third-order valence-corrected chi connectivity index (χ3v) is 4.80. The van der Waals surface area contributed by atoms with Gasteiger partial charge in [0, 0.05) is 6.61 Å². The molecule has 1 aromatic heterocycles. The Morgan fingerprint density at radius 3 is 2.57 bits per heavy atom. The molecule has 4 heteroatoms. The second-order valence-electron chi connectivity index (χ2n) is 3.24. The van der Waals surface area contributed by atoms with Gasteiger partial charge < -0.3 is 5.11 Å². The summed E-state index contributed by atoms with van der Waals surface area (Å²) in [5, 5.41) is 8.62. The molecule has 0 fully saturated rings. The van der Waals surface area contributed by atoms with Crippen molar-refractivity contribution in [3.05, 3.63) is 18.3 Å². The highest BCUT2D eigenvalue weighted by Gasteiger charge is 2.04. The molecule has 1 nitrogen and oxygen atoms in total. The zero-order valence-electron chi connectivity index (χ0n) is 7.93. The average Bonchev–Trinajstić information content (AvgIpc) is 2.45. The molecule has 0 aliphatic rings. The molecule has 1 N–H and O–H groups in total. The third-order valence-electron chi connectivity index (χ3n) is 2.08. The van der Waals surface area contributed by atoms with Gasteiger partial charge in [0.05, 0.1) is 6.67 Å². The van der Waals surface area contributed by atoms with Crippen LogP contribution in [0.4, 0.5) is 0 Å². The van der Waals surface area contributed by atoms with Crippen molar-refractivity contribution in [3.8, 4) is 0 Å². The maximum Gasteiger partial charge on any atom is 0.0741 e. The molecule has 1 heterocycles. The van der Waals surface area contributed by atoms with Crippen LogP contribution in [-0.4, -0.2) is 11.7 Å². The van der Waals surface area contributed by atoms with Gasteiger partial charge in [0.15, 0.2) is 0 Å². The van der Waals surface area contributed by atoms with Crippen molar-refractivity contribution in [1.29, 1.82) is 0 Å². The standard InChI is InChI=1S/C10H14BrIOS/c11-10-8(7-9(12)14-10)5-3-1-2-4-6-13/h7,13H,1-6H2. The molecule has 0 aliphatic carbocycles. The van der Waals surface area contributed by atoms with E-state index in [1.54, 1.807) is 11.3 Å². The van der Waals surface area contributed by atoms with Crippen molar-refractivity contribution in [1.82, 2.24) is 0 Å².